The summed E-state index contributed by atoms with van der Waals surface area (Å²) in [6.07, 6.45) is 3.23. The second-order valence-electron chi connectivity index (χ2n) is 5.92. The van der Waals surface area contributed by atoms with E-state index in [0.29, 0.717) is 24.7 Å². The summed E-state index contributed by atoms with van der Waals surface area (Å²) in [4.78, 5) is 20.5. The van der Waals surface area contributed by atoms with Gasteiger partial charge in [0.15, 0.2) is 9.84 Å². The van der Waals surface area contributed by atoms with Gasteiger partial charge in [-0.2, -0.15) is 0 Å². The number of anilines is 2. The van der Waals surface area contributed by atoms with Gasteiger partial charge in [-0.15, -0.1) is 0 Å². The molecule has 1 aliphatic heterocycles. The first-order valence-corrected chi connectivity index (χ1v) is 10.1. The first-order valence-electron chi connectivity index (χ1n) is 8.29. The summed E-state index contributed by atoms with van der Waals surface area (Å²) in [6.45, 7) is 2.44. The van der Waals surface area contributed by atoms with Crippen molar-refractivity contribution in [1.29, 1.82) is 0 Å². The van der Waals surface area contributed by atoms with Crippen molar-refractivity contribution in [1.82, 2.24) is 15.3 Å². The molecular weight excluding hydrogens is 356 g/mol. The zero-order valence-electron chi connectivity index (χ0n) is 14.3. The van der Waals surface area contributed by atoms with E-state index in [-0.39, 0.29) is 29.0 Å². The highest BCUT2D eigenvalue weighted by molar-refractivity contribution is 7.91. The molecule has 1 aromatic heterocycles. The third kappa shape index (κ3) is 4.48. The first-order chi connectivity index (χ1) is 12.5. The average Bonchev–Trinajstić information content (AvgIpc) is 2.96. The summed E-state index contributed by atoms with van der Waals surface area (Å²) in [6, 6.07) is 7.05. The summed E-state index contributed by atoms with van der Waals surface area (Å²) >= 11 is 0. The standard InChI is InChI=1S/C17H20N4O4S/c1-2-25-15-6-4-3-5-14(15)21-17-18-9-12(10-19-17)16(22)20-13-7-8-26(23,24)11-13/h3-6,9-10,13H,2,7-8,11H2,1H3,(H,20,22)(H,18,19,21). The molecule has 1 saturated heterocycles. The molecule has 1 fully saturated rings. The Hall–Kier alpha value is -2.68. The summed E-state index contributed by atoms with van der Waals surface area (Å²) in [5.74, 6) is 0.720. The van der Waals surface area contributed by atoms with E-state index in [1.807, 2.05) is 31.2 Å². The number of para-hydroxylation sites is 2. The molecule has 0 saturated carbocycles. The van der Waals surface area contributed by atoms with E-state index in [1.54, 1.807) is 0 Å². The predicted octanol–water partition coefficient (Wildman–Crippen LogP) is 1.54. The number of benzene rings is 1. The van der Waals surface area contributed by atoms with Crippen LogP contribution in [0.15, 0.2) is 36.7 Å². The fourth-order valence-corrected chi connectivity index (χ4v) is 4.33. The number of nitrogens with zero attached hydrogens (tertiary/aromatic N) is 2. The van der Waals surface area contributed by atoms with Crippen LogP contribution in [0.25, 0.3) is 0 Å². The first kappa shape index (κ1) is 18.1. The Balaban J connectivity index is 1.64. The molecule has 1 atom stereocenters. The van der Waals surface area contributed by atoms with Crippen LogP contribution in [0.3, 0.4) is 0 Å². The lowest BCUT2D eigenvalue weighted by molar-refractivity contribution is 0.0940. The summed E-state index contributed by atoms with van der Waals surface area (Å²) in [5.41, 5.74) is 1.00. The number of ether oxygens (including phenoxy) is 1. The molecule has 1 aliphatic rings. The monoisotopic (exact) mass is 376 g/mol. The van der Waals surface area contributed by atoms with Crippen LogP contribution in [0.5, 0.6) is 5.75 Å². The van der Waals surface area contributed by atoms with E-state index in [2.05, 4.69) is 20.6 Å². The lowest BCUT2D eigenvalue weighted by atomic mass is 10.2. The van der Waals surface area contributed by atoms with Gasteiger partial charge >= 0.3 is 0 Å². The normalized spacial score (nSPS) is 18.3. The van der Waals surface area contributed by atoms with Crippen LogP contribution in [0.2, 0.25) is 0 Å². The van der Waals surface area contributed by atoms with Gasteiger partial charge in [-0.05, 0) is 25.5 Å². The molecular formula is C17H20N4O4S. The van der Waals surface area contributed by atoms with Crippen molar-refractivity contribution in [3.8, 4) is 5.75 Å². The number of aromatic nitrogens is 2. The van der Waals surface area contributed by atoms with Crippen LogP contribution in [0.4, 0.5) is 11.6 Å². The Labute approximate surface area is 151 Å². The molecule has 2 N–H and O–H groups in total. The highest BCUT2D eigenvalue weighted by atomic mass is 32.2. The summed E-state index contributed by atoms with van der Waals surface area (Å²) in [5, 5.41) is 5.76. The molecule has 0 bridgehead atoms. The SMILES string of the molecule is CCOc1ccccc1Nc1ncc(C(=O)NC2CCS(=O)(=O)C2)cn1. The molecule has 9 heteroatoms. The van der Waals surface area contributed by atoms with E-state index < -0.39 is 9.84 Å². The lowest BCUT2D eigenvalue weighted by Gasteiger charge is -2.12. The number of hydrogen-bond donors (Lipinski definition) is 2. The number of carbonyl (C=O) groups is 1. The van der Waals surface area contributed by atoms with Crippen molar-refractivity contribution in [3.63, 3.8) is 0 Å². The molecule has 8 nitrogen and oxygen atoms in total. The van der Waals surface area contributed by atoms with Crippen molar-refractivity contribution in [3.05, 3.63) is 42.2 Å². The van der Waals surface area contributed by atoms with Gasteiger partial charge in [-0.1, -0.05) is 12.1 Å². The van der Waals surface area contributed by atoms with Crippen molar-refractivity contribution < 1.29 is 17.9 Å². The predicted molar refractivity (Wildman–Crippen MR) is 97.5 cm³/mol. The minimum Gasteiger partial charge on any atom is -0.492 e. The maximum absolute atomic E-state index is 12.2. The Morgan fingerprint density at radius 1 is 1.27 bits per heavy atom. The van der Waals surface area contributed by atoms with E-state index in [0.717, 1.165) is 5.69 Å². The zero-order valence-corrected chi connectivity index (χ0v) is 15.1. The molecule has 3 rings (SSSR count). The molecule has 2 aromatic rings. The third-order valence-electron chi connectivity index (χ3n) is 3.92. The third-order valence-corrected chi connectivity index (χ3v) is 5.68. The summed E-state index contributed by atoms with van der Waals surface area (Å²) < 4.78 is 28.4. The Bertz CT molecular complexity index is 884. The van der Waals surface area contributed by atoms with Crippen LogP contribution in [0.1, 0.15) is 23.7 Å². The van der Waals surface area contributed by atoms with Crippen LogP contribution >= 0.6 is 0 Å². The van der Waals surface area contributed by atoms with Gasteiger partial charge in [0.25, 0.3) is 5.91 Å². The number of amides is 1. The number of sulfone groups is 1. The van der Waals surface area contributed by atoms with Gasteiger partial charge in [0.05, 0.1) is 29.4 Å². The fourth-order valence-electron chi connectivity index (χ4n) is 2.66. The van der Waals surface area contributed by atoms with E-state index in [9.17, 15) is 13.2 Å². The van der Waals surface area contributed by atoms with Gasteiger partial charge in [0.1, 0.15) is 5.75 Å². The van der Waals surface area contributed by atoms with Crippen molar-refractivity contribution in [2.75, 3.05) is 23.4 Å². The fraction of sp³-hybridized carbons (Fsp3) is 0.353. The second-order valence-corrected chi connectivity index (χ2v) is 8.15. The van der Waals surface area contributed by atoms with Crippen LogP contribution in [-0.2, 0) is 9.84 Å². The maximum atomic E-state index is 12.2. The average molecular weight is 376 g/mol. The Morgan fingerprint density at radius 2 is 2.00 bits per heavy atom. The minimum absolute atomic E-state index is 0.0204. The molecule has 0 spiro atoms. The quantitative estimate of drug-likeness (QED) is 0.787. The van der Waals surface area contributed by atoms with Crippen LogP contribution in [0, 0.1) is 0 Å². The lowest BCUT2D eigenvalue weighted by Crippen LogP contribution is -2.35. The largest absolute Gasteiger partial charge is 0.492 e. The van der Waals surface area contributed by atoms with Crippen molar-refractivity contribution >= 4 is 27.4 Å². The van der Waals surface area contributed by atoms with Gasteiger partial charge in [0.2, 0.25) is 5.95 Å². The van der Waals surface area contributed by atoms with Crippen molar-refractivity contribution in [2.45, 2.75) is 19.4 Å². The minimum atomic E-state index is -3.04. The highest BCUT2D eigenvalue weighted by Crippen LogP contribution is 2.25. The number of rotatable bonds is 6. The molecule has 26 heavy (non-hydrogen) atoms. The molecule has 138 valence electrons. The van der Waals surface area contributed by atoms with Gasteiger partial charge in [-0.3, -0.25) is 4.79 Å². The topological polar surface area (TPSA) is 110 Å². The maximum Gasteiger partial charge on any atom is 0.254 e. The number of hydrogen-bond acceptors (Lipinski definition) is 7. The molecule has 1 aromatic carbocycles. The Morgan fingerprint density at radius 3 is 2.65 bits per heavy atom. The molecule has 1 unspecified atom stereocenters. The summed E-state index contributed by atoms with van der Waals surface area (Å²) in [7, 11) is -3.04. The number of carbonyl (C=O) groups excluding carboxylic acids is 1. The molecule has 0 aliphatic carbocycles. The van der Waals surface area contributed by atoms with Crippen LogP contribution in [-0.4, -0.2) is 48.4 Å². The Kier molecular flexibility index (Phi) is 5.36. The molecule has 1 amide bonds. The van der Waals surface area contributed by atoms with Gasteiger partial charge < -0.3 is 15.4 Å². The van der Waals surface area contributed by atoms with Gasteiger partial charge in [-0.25, -0.2) is 18.4 Å². The zero-order chi connectivity index (χ0) is 18.6. The van der Waals surface area contributed by atoms with Crippen molar-refractivity contribution in [2.24, 2.45) is 0 Å². The number of nitrogens with one attached hydrogen (secondary N) is 2. The van der Waals surface area contributed by atoms with E-state index in [1.165, 1.54) is 12.4 Å². The van der Waals surface area contributed by atoms with Crippen LogP contribution < -0.4 is 15.4 Å². The van der Waals surface area contributed by atoms with Gasteiger partial charge in [0, 0.05) is 18.4 Å². The van der Waals surface area contributed by atoms with E-state index in [4.69, 9.17) is 4.74 Å². The van der Waals surface area contributed by atoms with E-state index >= 15 is 0 Å². The smallest absolute Gasteiger partial charge is 0.254 e. The highest BCUT2D eigenvalue weighted by Gasteiger charge is 2.29. The molecule has 0 radical (unpaired) electrons. The molecule has 2 heterocycles. The second kappa shape index (κ2) is 7.69.